The molecule has 0 spiro atoms. The summed E-state index contributed by atoms with van der Waals surface area (Å²) in [7, 11) is 0. The molecule has 1 fully saturated rings. The molecule has 0 amide bonds. The molecule has 4 heteroatoms. The summed E-state index contributed by atoms with van der Waals surface area (Å²) in [5.41, 5.74) is 0. The molecule has 1 aliphatic rings. The van der Waals surface area contributed by atoms with E-state index in [1.807, 2.05) is 0 Å². The van der Waals surface area contributed by atoms with Gasteiger partial charge in [0.05, 0.1) is 13.2 Å². The zero-order valence-electron chi connectivity index (χ0n) is 11.7. The van der Waals surface area contributed by atoms with E-state index in [0.717, 1.165) is 25.7 Å². The number of hydrogen-bond acceptors (Lipinski definition) is 4. The van der Waals surface area contributed by atoms with Crippen molar-refractivity contribution < 1.29 is 19.0 Å². The summed E-state index contributed by atoms with van der Waals surface area (Å²) in [5, 5.41) is 0. The van der Waals surface area contributed by atoms with Crippen LogP contribution in [0, 0.1) is 0 Å². The van der Waals surface area contributed by atoms with Gasteiger partial charge in [-0.15, -0.1) is 13.2 Å². The molecule has 0 bridgehead atoms. The maximum absolute atomic E-state index is 11.3. The molecule has 1 aliphatic heterocycles. The average molecular weight is 268 g/mol. The number of carbonyl (C=O) groups is 1. The fourth-order valence-corrected chi connectivity index (χ4v) is 2.29. The normalized spacial score (nSPS) is 24.5. The second-order valence-electron chi connectivity index (χ2n) is 4.68. The molecule has 0 saturated carbocycles. The molecular weight excluding hydrogens is 244 g/mol. The molecule has 1 saturated heterocycles. The highest BCUT2D eigenvalue weighted by atomic mass is 16.7. The fraction of sp³-hybridized carbons (Fsp3) is 0.667. The monoisotopic (exact) mass is 268 g/mol. The Bertz CT molecular complexity index is 305. The molecule has 0 aromatic rings. The summed E-state index contributed by atoms with van der Waals surface area (Å²) in [6, 6.07) is 0. The zero-order valence-corrected chi connectivity index (χ0v) is 11.7. The molecule has 0 unspecified atom stereocenters. The van der Waals surface area contributed by atoms with Crippen LogP contribution in [0.2, 0.25) is 0 Å². The van der Waals surface area contributed by atoms with Crippen LogP contribution in [0.1, 0.15) is 39.0 Å². The number of ether oxygens (including phenoxy) is 3. The molecule has 2 atom stereocenters. The zero-order chi connectivity index (χ0) is 14.1. The molecule has 0 N–H and O–H groups in total. The van der Waals surface area contributed by atoms with Crippen molar-refractivity contribution in [2.75, 3.05) is 13.2 Å². The number of hydrogen-bond donors (Lipinski definition) is 0. The van der Waals surface area contributed by atoms with E-state index in [1.54, 1.807) is 12.2 Å². The second-order valence-corrected chi connectivity index (χ2v) is 4.68. The second kappa shape index (κ2) is 8.12. The van der Waals surface area contributed by atoms with Crippen molar-refractivity contribution in [3.63, 3.8) is 0 Å². The minimum Gasteiger partial charge on any atom is -0.457 e. The first-order valence-corrected chi connectivity index (χ1v) is 6.81. The van der Waals surface area contributed by atoms with Gasteiger partial charge in [-0.05, 0) is 25.7 Å². The smallest absolute Gasteiger partial charge is 0.303 e. The summed E-state index contributed by atoms with van der Waals surface area (Å²) >= 11 is 0. The SMILES string of the molecule is C=CCC[C@@H](OC(C)=O)[C@@]1(OCC=C)CCCCO1. The Kier molecular flexibility index (Phi) is 6.81. The summed E-state index contributed by atoms with van der Waals surface area (Å²) in [6.07, 6.45) is 7.23. The van der Waals surface area contributed by atoms with Gasteiger partial charge in [-0.2, -0.15) is 0 Å². The highest BCUT2D eigenvalue weighted by Crippen LogP contribution is 2.33. The molecule has 0 aliphatic carbocycles. The summed E-state index contributed by atoms with van der Waals surface area (Å²) < 4.78 is 17.1. The largest absolute Gasteiger partial charge is 0.457 e. The Hall–Kier alpha value is -1.13. The predicted octanol–water partition coefficient (Wildman–Crippen LogP) is 2.98. The maximum atomic E-state index is 11.3. The summed E-state index contributed by atoms with van der Waals surface area (Å²) in [4.78, 5) is 11.3. The molecule has 1 rings (SSSR count). The minimum atomic E-state index is -0.832. The van der Waals surface area contributed by atoms with E-state index in [4.69, 9.17) is 14.2 Å². The van der Waals surface area contributed by atoms with Crippen LogP contribution in [0.15, 0.2) is 25.3 Å². The lowest BCUT2D eigenvalue weighted by Gasteiger charge is -2.41. The van der Waals surface area contributed by atoms with Crippen molar-refractivity contribution in [1.82, 2.24) is 0 Å². The average Bonchev–Trinajstić information content (AvgIpc) is 2.42. The van der Waals surface area contributed by atoms with E-state index >= 15 is 0 Å². The molecule has 19 heavy (non-hydrogen) atoms. The lowest BCUT2D eigenvalue weighted by atomic mass is 9.96. The molecule has 4 nitrogen and oxygen atoms in total. The Morgan fingerprint density at radius 1 is 1.42 bits per heavy atom. The third-order valence-electron chi connectivity index (χ3n) is 3.14. The van der Waals surface area contributed by atoms with Crippen molar-refractivity contribution in [1.29, 1.82) is 0 Å². The fourth-order valence-electron chi connectivity index (χ4n) is 2.29. The van der Waals surface area contributed by atoms with E-state index in [1.165, 1.54) is 6.92 Å². The summed E-state index contributed by atoms with van der Waals surface area (Å²) in [6.45, 7) is 9.77. The van der Waals surface area contributed by atoms with Crippen LogP contribution in [0.25, 0.3) is 0 Å². The molecule has 108 valence electrons. The standard InChI is InChI=1S/C15H24O4/c1-4-6-9-14(19-13(3)16)15(17-11-5-2)10-7-8-12-18-15/h4-5,14H,1-2,6-12H2,3H3/t14-,15-/m1/s1. The predicted molar refractivity (Wildman–Crippen MR) is 73.7 cm³/mol. The van der Waals surface area contributed by atoms with Crippen molar-refractivity contribution in [2.45, 2.75) is 50.9 Å². The van der Waals surface area contributed by atoms with E-state index in [2.05, 4.69) is 13.2 Å². The Labute approximate surface area is 115 Å². The molecule has 0 aromatic heterocycles. The Balaban J connectivity index is 2.83. The molecular formula is C15H24O4. The minimum absolute atomic E-state index is 0.315. The van der Waals surface area contributed by atoms with Gasteiger partial charge < -0.3 is 14.2 Å². The van der Waals surface area contributed by atoms with Crippen molar-refractivity contribution in [3.8, 4) is 0 Å². The van der Waals surface area contributed by atoms with Crippen LogP contribution in [0.3, 0.4) is 0 Å². The molecule has 0 aromatic carbocycles. The first-order chi connectivity index (χ1) is 9.14. The van der Waals surface area contributed by atoms with Crippen LogP contribution in [0.5, 0.6) is 0 Å². The highest BCUT2D eigenvalue weighted by molar-refractivity contribution is 5.66. The van der Waals surface area contributed by atoms with Crippen molar-refractivity contribution in [2.24, 2.45) is 0 Å². The Morgan fingerprint density at radius 2 is 2.21 bits per heavy atom. The van der Waals surface area contributed by atoms with Gasteiger partial charge in [0.25, 0.3) is 0 Å². The van der Waals surface area contributed by atoms with E-state index < -0.39 is 11.9 Å². The van der Waals surface area contributed by atoms with E-state index in [9.17, 15) is 4.79 Å². The molecule has 0 radical (unpaired) electrons. The number of rotatable bonds is 8. The lowest BCUT2D eigenvalue weighted by Crippen LogP contribution is -2.51. The van der Waals surface area contributed by atoms with Crippen LogP contribution in [0.4, 0.5) is 0 Å². The van der Waals surface area contributed by atoms with Gasteiger partial charge >= 0.3 is 5.97 Å². The highest BCUT2D eigenvalue weighted by Gasteiger charge is 2.44. The van der Waals surface area contributed by atoms with Crippen molar-refractivity contribution in [3.05, 3.63) is 25.3 Å². The first-order valence-electron chi connectivity index (χ1n) is 6.81. The van der Waals surface area contributed by atoms with Crippen LogP contribution in [-0.2, 0) is 19.0 Å². The maximum Gasteiger partial charge on any atom is 0.303 e. The molecule has 1 heterocycles. The van der Waals surface area contributed by atoms with Gasteiger partial charge in [0.15, 0.2) is 6.10 Å². The van der Waals surface area contributed by atoms with Gasteiger partial charge in [0, 0.05) is 13.3 Å². The van der Waals surface area contributed by atoms with Gasteiger partial charge in [-0.1, -0.05) is 12.2 Å². The van der Waals surface area contributed by atoms with Gasteiger partial charge in [-0.3, -0.25) is 4.79 Å². The van der Waals surface area contributed by atoms with E-state index in [0.29, 0.717) is 19.6 Å². The topological polar surface area (TPSA) is 44.8 Å². The Morgan fingerprint density at radius 3 is 2.74 bits per heavy atom. The number of esters is 1. The van der Waals surface area contributed by atoms with Crippen LogP contribution in [-0.4, -0.2) is 31.1 Å². The summed E-state index contributed by atoms with van der Waals surface area (Å²) in [5.74, 6) is -1.15. The van der Waals surface area contributed by atoms with Crippen LogP contribution < -0.4 is 0 Å². The van der Waals surface area contributed by atoms with E-state index in [-0.39, 0.29) is 5.97 Å². The van der Waals surface area contributed by atoms with Gasteiger partial charge in [0.2, 0.25) is 5.79 Å². The van der Waals surface area contributed by atoms with Crippen LogP contribution >= 0.6 is 0 Å². The van der Waals surface area contributed by atoms with Crippen molar-refractivity contribution >= 4 is 5.97 Å². The third kappa shape index (κ3) is 4.80. The van der Waals surface area contributed by atoms with Gasteiger partial charge in [-0.25, -0.2) is 0 Å². The number of carbonyl (C=O) groups excluding carboxylic acids is 1. The third-order valence-corrected chi connectivity index (χ3v) is 3.14. The lowest BCUT2D eigenvalue weighted by molar-refractivity contribution is -0.298. The first kappa shape index (κ1) is 15.9. The quantitative estimate of drug-likeness (QED) is 0.501. The number of allylic oxidation sites excluding steroid dienone is 1. The van der Waals surface area contributed by atoms with Gasteiger partial charge in [0.1, 0.15) is 0 Å².